The molecule has 2 aromatic rings. The number of hydrogen-bond donors (Lipinski definition) is 3. The molecule has 1 aromatic heterocycles. The number of nitrogens with one attached hydrogen (secondary N) is 3. The standard InChI is InChI=1S/C15H15ClN4O2/c16-13-12(8-18-20-15(13)22)17-7-9-1-3-10(4-2-9)14(21)19-11-5-6-11/h1-4,8,11H,5-7H2,(H,19,21)(H2,17,20,22). The van der Waals surface area contributed by atoms with Gasteiger partial charge in [0.05, 0.1) is 11.9 Å². The first-order chi connectivity index (χ1) is 10.6. The summed E-state index contributed by atoms with van der Waals surface area (Å²) in [4.78, 5) is 23.2. The van der Waals surface area contributed by atoms with Crippen LogP contribution < -0.4 is 16.2 Å². The van der Waals surface area contributed by atoms with Crippen LogP contribution in [-0.2, 0) is 6.54 Å². The second-order valence-corrected chi connectivity index (χ2v) is 5.60. The van der Waals surface area contributed by atoms with Crippen molar-refractivity contribution in [1.29, 1.82) is 0 Å². The highest BCUT2D eigenvalue weighted by molar-refractivity contribution is 6.32. The molecule has 1 aromatic carbocycles. The molecule has 1 fully saturated rings. The Morgan fingerprint density at radius 2 is 2.05 bits per heavy atom. The Hall–Kier alpha value is -2.34. The zero-order valence-corrected chi connectivity index (χ0v) is 12.5. The lowest BCUT2D eigenvalue weighted by molar-refractivity contribution is 0.0951. The molecule has 1 aliphatic rings. The van der Waals surface area contributed by atoms with Gasteiger partial charge in [0, 0.05) is 18.2 Å². The molecule has 0 spiro atoms. The first-order valence-corrected chi connectivity index (χ1v) is 7.38. The summed E-state index contributed by atoms with van der Waals surface area (Å²) >= 11 is 5.88. The van der Waals surface area contributed by atoms with Crippen LogP contribution in [0.2, 0.25) is 5.02 Å². The maximum atomic E-state index is 11.9. The summed E-state index contributed by atoms with van der Waals surface area (Å²) in [6, 6.07) is 7.64. The fourth-order valence-corrected chi connectivity index (χ4v) is 2.13. The maximum Gasteiger partial charge on any atom is 0.285 e. The number of amides is 1. The smallest absolute Gasteiger partial charge is 0.285 e. The molecule has 22 heavy (non-hydrogen) atoms. The Morgan fingerprint density at radius 1 is 1.32 bits per heavy atom. The minimum Gasteiger partial charge on any atom is -0.378 e. The predicted molar refractivity (Wildman–Crippen MR) is 84.1 cm³/mol. The molecule has 0 radical (unpaired) electrons. The molecule has 7 heteroatoms. The monoisotopic (exact) mass is 318 g/mol. The van der Waals surface area contributed by atoms with Crippen LogP contribution in [0, 0.1) is 0 Å². The highest BCUT2D eigenvalue weighted by Gasteiger charge is 2.23. The van der Waals surface area contributed by atoms with Crippen LogP contribution in [0.3, 0.4) is 0 Å². The van der Waals surface area contributed by atoms with Gasteiger partial charge in [-0.2, -0.15) is 5.10 Å². The Labute approximate surface area is 131 Å². The lowest BCUT2D eigenvalue weighted by Crippen LogP contribution is -2.25. The van der Waals surface area contributed by atoms with Gasteiger partial charge in [0.2, 0.25) is 0 Å². The molecule has 0 saturated heterocycles. The van der Waals surface area contributed by atoms with Gasteiger partial charge in [-0.1, -0.05) is 23.7 Å². The summed E-state index contributed by atoms with van der Waals surface area (Å²) in [5.41, 5.74) is 1.66. The molecule has 1 amide bonds. The van der Waals surface area contributed by atoms with Gasteiger partial charge in [0.15, 0.2) is 0 Å². The molecular weight excluding hydrogens is 304 g/mol. The predicted octanol–water partition coefficient (Wildman–Crippen LogP) is 1.93. The molecule has 3 rings (SSSR count). The summed E-state index contributed by atoms with van der Waals surface area (Å²) in [5, 5.41) is 12.0. The number of aromatic amines is 1. The van der Waals surface area contributed by atoms with Crippen LogP contribution in [0.25, 0.3) is 0 Å². The lowest BCUT2D eigenvalue weighted by atomic mass is 10.1. The Balaban J connectivity index is 1.62. The van der Waals surface area contributed by atoms with Gasteiger partial charge in [-0.25, -0.2) is 5.10 Å². The van der Waals surface area contributed by atoms with E-state index in [1.165, 1.54) is 6.20 Å². The Bertz CT molecular complexity index is 738. The number of anilines is 1. The van der Waals surface area contributed by atoms with Crippen LogP contribution in [0.15, 0.2) is 35.3 Å². The third-order valence-corrected chi connectivity index (χ3v) is 3.78. The molecule has 1 saturated carbocycles. The normalized spacial score (nSPS) is 13.7. The molecule has 3 N–H and O–H groups in total. The van der Waals surface area contributed by atoms with Crippen molar-refractivity contribution < 1.29 is 4.79 Å². The van der Waals surface area contributed by atoms with Crippen molar-refractivity contribution in [3.05, 3.63) is 57.0 Å². The van der Waals surface area contributed by atoms with E-state index >= 15 is 0 Å². The van der Waals surface area contributed by atoms with E-state index in [0.717, 1.165) is 18.4 Å². The van der Waals surface area contributed by atoms with Crippen molar-refractivity contribution >= 4 is 23.2 Å². The van der Waals surface area contributed by atoms with Gasteiger partial charge >= 0.3 is 0 Å². The highest BCUT2D eigenvalue weighted by atomic mass is 35.5. The third kappa shape index (κ3) is 3.46. The van der Waals surface area contributed by atoms with E-state index in [0.29, 0.717) is 23.8 Å². The molecular formula is C15H15ClN4O2. The number of rotatable bonds is 5. The van der Waals surface area contributed by atoms with Crippen molar-refractivity contribution in [3.8, 4) is 0 Å². The molecule has 0 unspecified atom stereocenters. The highest BCUT2D eigenvalue weighted by Crippen LogP contribution is 2.19. The number of nitrogens with zero attached hydrogens (tertiary/aromatic N) is 1. The number of halogens is 1. The fraction of sp³-hybridized carbons (Fsp3) is 0.267. The van der Waals surface area contributed by atoms with Gasteiger partial charge < -0.3 is 10.6 Å². The molecule has 0 aliphatic heterocycles. The van der Waals surface area contributed by atoms with Crippen LogP contribution in [-0.4, -0.2) is 22.1 Å². The first-order valence-electron chi connectivity index (χ1n) is 7.00. The minimum atomic E-state index is -0.432. The van der Waals surface area contributed by atoms with Crippen LogP contribution in [0.5, 0.6) is 0 Å². The molecule has 6 nitrogen and oxygen atoms in total. The summed E-state index contributed by atoms with van der Waals surface area (Å²) in [6.07, 6.45) is 3.60. The number of hydrogen-bond acceptors (Lipinski definition) is 4. The van der Waals surface area contributed by atoms with Gasteiger partial charge in [-0.05, 0) is 30.5 Å². The van der Waals surface area contributed by atoms with Crippen molar-refractivity contribution in [2.24, 2.45) is 0 Å². The van der Waals surface area contributed by atoms with E-state index < -0.39 is 5.56 Å². The quantitative estimate of drug-likeness (QED) is 0.786. The summed E-state index contributed by atoms with van der Waals surface area (Å²) in [6.45, 7) is 0.482. The van der Waals surface area contributed by atoms with E-state index in [9.17, 15) is 9.59 Å². The van der Waals surface area contributed by atoms with E-state index in [4.69, 9.17) is 11.6 Å². The second-order valence-electron chi connectivity index (χ2n) is 5.22. The van der Waals surface area contributed by atoms with Crippen molar-refractivity contribution in [1.82, 2.24) is 15.5 Å². The zero-order valence-electron chi connectivity index (χ0n) is 11.7. The van der Waals surface area contributed by atoms with E-state index in [1.54, 1.807) is 12.1 Å². The first kappa shape index (κ1) is 14.6. The largest absolute Gasteiger partial charge is 0.378 e. The molecule has 0 atom stereocenters. The number of carbonyl (C=O) groups is 1. The third-order valence-electron chi connectivity index (χ3n) is 3.41. The van der Waals surface area contributed by atoms with Crippen LogP contribution in [0.4, 0.5) is 5.69 Å². The zero-order chi connectivity index (χ0) is 15.5. The molecule has 114 valence electrons. The van der Waals surface area contributed by atoms with Crippen molar-refractivity contribution in [2.45, 2.75) is 25.4 Å². The molecule has 1 aliphatic carbocycles. The minimum absolute atomic E-state index is 0.0381. The topological polar surface area (TPSA) is 86.9 Å². The summed E-state index contributed by atoms with van der Waals surface area (Å²) in [5.74, 6) is -0.0381. The second kappa shape index (κ2) is 6.19. The molecule has 0 bridgehead atoms. The number of H-pyrrole nitrogens is 1. The van der Waals surface area contributed by atoms with Crippen molar-refractivity contribution in [2.75, 3.05) is 5.32 Å². The molecule has 1 heterocycles. The summed E-state index contributed by atoms with van der Waals surface area (Å²) in [7, 11) is 0. The van der Waals surface area contributed by atoms with E-state index in [-0.39, 0.29) is 10.9 Å². The number of aromatic nitrogens is 2. The Morgan fingerprint density at radius 3 is 2.73 bits per heavy atom. The van der Waals surface area contributed by atoms with Crippen LogP contribution in [0.1, 0.15) is 28.8 Å². The average molecular weight is 319 g/mol. The van der Waals surface area contributed by atoms with Gasteiger partial charge in [0.1, 0.15) is 5.02 Å². The van der Waals surface area contributed by atoms with Gasteiger partial charge in [-0.3, -0.25) is 9.59 Å². The van der Waals surface area contributed by atoms with Gasteiger partial charge in [-0.15, -0.1) is 0 Å². The maximum absolute atomic E-state index is 11.9. The van der Waals surface area contributed by atoms with E-state index in [2.05, 4.69) is 20.8 Å². The lowest BCUT2D eigenvalue weighted by Gasteiger charge is -2.08. The van der Waals surface area contributed by atoms with Gasteiger partial charge in [0.25, 0.3) is 11.5 Å². The fourth-order valence-electron chi connectivity index (χ4n) is 1.97. The van der Waals surface area contributed by atoms with Crippen LogP contribution >= 0.6 is 11.6 Å². The van der Waals surface area contributed by atoms with E-state index in [1.807, 2.05) is 12.1 Å². The SMILES string of the molecule is O=C(NC1CC1)c1ccc(CNc2cn[nH]c(=O)c2Cl)cc1. The average Bonchev–Trinajstić information content (AvgIpc) is 3.33. The number of carbonyl (C=O) groups excluding carboxylic acids is 1. The number of benzene rings is 1. The Kier molecular flexibility index (Phi) is 4.11. The van der Waals surface area contributed by atoms with Crippen molar-refractivity contribution in [3.63, 3.8) is 0 Å². The summed E-state index contributed by atoms with van der Waals surface area (Å²) < 4.78 is 0.